The molecule has 0 aromatic carbocycles. The van der Waals surface area contributed by atoms with E-state index in [-0.39, 0.29) is 0 Å². The lowest BCUT2D eigenvalue weighted by atomic mass is 9.96. The van der Waals surface area contributed by atoms with Gasteiger partial charge in [-0.25, -0.2) is 0 Å². The standard InChI is InChI=1S/C9H18/c1-7(2)6-9(5)8(3)4/h6,8-9H,1-5H3/t9-/m0/s1. The fourth-order valence-corrected chi connectivity index (χ4v) is 0.718. The average Bonchev–Trinajstić information content (AvgIpc) is 1.63. The predicted molar refractivity (Wildman–Crippen MR) is 43.4 cm³/mol. The third-order valence-corrected chi connectivity index (χ3v) is 1.65. The van der Waals surface area contributed by atoms with Crippen LogP contribution in [0.2, 0.25) is 0 Å². The van der Waals surface area contributed by atoms with E-state index in [4.69, 9.17) is 0 Å². The molecule has 54 valence electrons. The molecule has 0 aromatic rings. The molecule has 0 amide bonds. The van der Waals surface area contributed by atoms with Crippen LogP contribution in [-0.4, -0.2) is 0 Å². The van der Waals surface area contributed by atoms with E-state index in [9.17, 15) is 0 Å². The van der Waals surface area contributed by atoms with E-state index in [0.717, 1.165) is 11.8 Å². The predicted octanol–water partition coefficient (Wildman–Crippen LogP) is 3.24. The van der Waals surface area contributed by atoms with Gasteiger partial charge in [-0.05, 0) is 25.7 Å². The van der Waals surface area contributed by atoms with Crippen molar-refractivity contribution in [2.45, 2.75) is 34.6 Å². The molecular formula is C9H18. The molecule has 0 nitrogen and oxygen atoms in total. The van der Waals surface area contributed by atoms with Gasteiger partial charge in [0.15, 0.2) is 0 Å². The molecule has 0 aromatic heterocycles. The molecule has 0 aliphatic carbocycles. The van der Waals surface area contributed by atoms with Crippen molar-refractivity contribution in [1.29, 1.82) is 0 Å². The zero-order valence-electron chi connectivity index (χ0n) is 7.23. The minimum atomic E-state index is 0.731. The first-order chi connectivity index (χ1) is 4.04. The Kier molecular flexibility index (Phi) is 3.60. The van der Waals surface area contributed by atoms with Crippen molar-refractivity contribution >= 4 is 0 Å². The Labute approximate surface area is 59.0 Å². The van der Waals surface area contributed by atoms with Crippen molar-refractivity contribution in [1.82, 2.24) is 0 Å². The Morgan fingerprint density at radius 1 is 1.11 bits per heavy atom. The molecule has 0 N–H and O–H groups in total. The van der Waals surface area contributed by atoms with Gasteiger partial charge in [-0.2, -0.15) is 0 Å². The Bertz CT molecular complexity index is 94.6. The molecule has 1 atom stereocenters. The summed E-state index contributed by atoms with van der Waals surface area (Å²) < 4.78 is 0. The molecule has 0 heterocycles. The molecule has 0 spiro atoms. The van der Waals surface area contributed by atoms with Crippen LogP contribution in [0.1, 0.15) is 34.6 Å². The lowest BCUT2D eigenvalue weighted by Crippen LogP contribution is -1.99. The number of hydrogen-bond donors (Lipinski definition) is 0. The maximum Gasteiger partial charge on any atom is -0.0236 e. The highest BCUT2D eigenvalue weighted by Gasteiger charge is 2.01. The smallest absolute Gasteiger partial charge is 0.0236 e. The number of hydrogen-bond acceptors (Lipinski definition) is 0. The SMILES string of the molecule is CC(C)=C[C@H](C)C(C)C. The van der Waals surface area contributed by atoms with Crippen LogP contribution >= 0.6 is 0 Å². The highest BCUT2D eigenvalue weighted by Crippen LogP contribution is 2.12. The van der Waals surface area contributed by atoms with Gasteiger partial charge in [-0.15, -0.1) is 0 Å². The van der Waals surface area contributed by atoms with Crippen LogP contribution < -0.4 is 0 Å². The van der Waals surface area contributed by atoms with E-state index >= 15 is 0 Å². The molecule has 0 rings (SSSR count). The molecule has 0 fully saturated rings. The minimum absolute atomic E-state index is 0.731. The molecule has 0 heteroatoms. The Hall–Kier alpha value is -0.260. The molecule has 0 unspecified atom stereocenters. The monoisotopic (exact) mass is 126 g/mol. The van der Waals surface area contributed by atoms with E-state index in [0.29, 0.717) is 0 Å². The van der Waals surface area contributed by atoms with Crippen LogP contribution in [0.3, 0.4) is 0 Å². The van der Waals surface area contributed by atoms with Gasteiger partial charge in [0, 0.05) is 0 Å². The van der Waals surface area contributed by atoms with Crippen molar-refractivity contribution in [3.05, 3.63) is 11.6 Å². The van der Waals surface area contributed by atoms with E-state index < -0.39 is 0 Å². The van der Waals surface area contributed by atoms with E-state index in [1.54, 1.807) is 0 Å². The Morgan fingerprint density at radius 2 is 1.56 bits per heavy atom. The first-order valence-corrected chi connectivity index (χ1v) is 3.69. The topological polar surface area (TPSA) is 0 Å². The quantitative estimate of drug-likeness (QED) is 0.498. The summed E-state index contributed by atoms with van der Waals surface area (Å²) in [5, 5.41) is 0. The van der Waals surface area contributed by atoms with Gasteiger partial charge in [0.1, 0.15) is 0 Å². The second kappa shape index (κ2) is 3.71. The van der Waals surface area contributed by atoms with Crippen LogP contribution in [-0.2, 0) is 0 Å². The van der Waals surface area contributed by atoms with Crippen LogP contribution in [0.5, 0.6) is 0 Å². The maximum absolute atomic E-state index is 2.32. The number of allylic oxidation sites excluding steroid dienone is 2. The first kappa shape index (κ1) is 8.74. The average molecular weight is 126 g/mol. The third-order valence-electron chi connectivity index (χ3n) is 1.65. The minimum Gasteiger partial charge on any atom is -0.0828 e. The van der Waals surface area contributed by atoms with E-state index in [1.807, 2.05) is 0 Å². The van der Waals surface area contributed by atoms with E-state index in [1.165, 1.54) is 5.57 Å². The molecule has 0 saturated carbocycles. The van der Waals surface area contributed by atoms with Crippen LogP contribution in [0, 0.1) is 11.8 Å². The van der Waals surface area contributed by atoms with Gasteiger partial charge in [0.2, 0.25) is 0 Å². The summed E-state index contributed by atoms with van der Waals surface area (Å²) in [5.41, 5.74) is 1.43. The molecule has 0 radical (unpaired) electrons. The van der Waals surface area contributed by atoms with Gasteiger partial charge in [0.25, 0.3) is 0 Å². The van der Waals surface area contributed by atoms with Crippen molar-refractivity contribution in [2.75, 3.05) is 0 Å². The zero-order chi connectivity index (χ0) is 7.44. The second-order valence-electron chi connectivity index (χ2n) is 3.35. The summed E-state index contributed by atoms with van der Waals surface area (Å²) in [5.74, 6) is 1.51. The Balaban J connectivity index is 3.76. The van der Waals surface area contributed by atoms with Crippen molar-refractivity contribution in [3.8, 4) is 0 Å². The van der Waals surface area contributed by atoms with Crippen molar-refractivity contribution in [3.63, 3.8) is 0 Å². The van der Waals surface area contributed by atoms with Crippen molar-refractivity contribution < 1.29 is 0 Å². The normalized spacial score (nSPS) is 13.6. The van der Waals surface area contributed by atoms with Gasteiger partial charge in [-0.1, -0.05) is 32.4 Å². The molecule has 0 aliphatic rings. The van der Waals surface area contributed by atoms with E-state index in [2.05, 4.69) is 40.7 Å². The van der Waals surface area contributed by atoms with Crippen LogP contribution in [0.4, 0.5) is 0 Å². The van der Waals surface area contributed by atoms with Gasteiger partial charge in [-0.3, -0.25) is 0 Å². The van der Waals surface area contributed by atoms with Gasteiger partial charge < -0.3 is 0 Å². The summed E-state index contributed by atoms with van der Waals surface area (Å²) in [4.78, 5) is 0. The lowest BCUT2D eigenvalue weighted by molar-refractivity contribution is 0.502. The Morgan fingerprint density at radius 3 is 1.67 bits per heavy atom. The van der Waals surface area contributed by atoms with Gasteiger partial charge >= 0.3 is 0 Å². The molecule has 9 heavy (non-hydrogen) atoms. The zero-order valence-corrected chi connectivity index (χ0v) is 7.23. The summed E-state index contributed by atoms with van der Waals surface area (Å²) in [6.45, 7) is 11.1. The maximum atomic E-state index is 2.32. The molecule has 0 aliphatic heterocycles. The largest absolute Gasteiger partial charge is 0.0828 e. The van der Waals surface area contributed by atoms with Crippen molar-refractivity contribution in [2.24, 2.45) is 11.8 Å². The summed E-state index contributed by atoms with van der Waals surface area (Å²) in [7, 11) is 0. The summed E-state index contributed by atoms with van der Waals surface area (Å²) in [6, 6.07) is 0. The van der Waals surface area contributed by atoms with Crippen LogP contribution in [0.15, 0.2) is 11.6 Å². The molecular weight excluding hydrogens is 108 g/mol. The fraction of sp³-hybridized carbons (Fsp3) is 0.778. The highest BCUT2D eigenvalue weighted by molar-refractivity contribution is 4.96. The van der Waals surface area contributed by atoms with Gasteiger partial charge in [0.05, 0.1) is 0 Å². The number of rotatable bonds is 2. The molecule has 0 saturated heterocycles. The molecule has 0 bridgehead atoms. The van der Waals surface area contributed by atoms with Crippen LogP contribution in [0.25, 0.3) is 0 Å². The third kappa shape index (κ3) is 4.26. The summed E-state index contributed by atoms with van der Waals surface area (Å²) >= 11 is 0. The second-order valence-corrected chi connectivity index (χ2v) is 3.35. The summed E-state index contributed by atoms with van der Waals surface area (Å²) in [6.07, 6.45) is 2.32. The fourth-order valence-electron chi connectivity index (χ4n) is 0.718. The first-order valence-electron chi connectivity index (χ1n) is 3.69. The lowest BCUT2D eigenvalue weighted by Gasteiger charge is -2.10. The highest BCUT2D eigenvalue weighted by atomic mass is 14.1.